The molecule has 0 saturated carbocycles. The van der Waals surface area contributed by atoms with Crippen molar-refractivity contribution in [2.75, 3.05) is 6.61 Å². The molecule has 0 amide bonds. The van der Waals surface area contributed by atoms with E-state index in [-0.39, 0.29) is 11.2 Å². The Morgan fingerprint density at radius 2 is 2.10 bits per heavy atom. The standard InChI is InChI=1S/C17H21NO2/c1-17(2,12-18)10-3-4-11-20-16-7-5-6-13-14(16)8-9-15(13)19/h5-7H,3-4,8-11H2,1-2H3. The molecule has 0 unspecified atom stereocenters. The van der Waals surface area contributed by atoms with Crippen LogP contribution in [0.5, 0.6) is 5.75 Å². The molecular formula is C17H21NO2. The van der Waals surface area contributed by atoms with Crippen LogP contribution in [0.25, 0.3) is 0 Å². The smallest absolute Gasteiger partial charge is 0.163 e. The fourth-order valence-electron chi connectivity index (χ4n) is 2.50. The Morgan fingerprint density at radius 1 is 1.30 bits per heavy atom. The molecule has 0 aromatic heterocycles. The molecule has 0 radical (unpaired) electrons. The SMILES string of the molecule is CC(C)(C#N)CCCCOc1cccc2c1CCC2=O. The second kappa shape index (κ2) is 6.09. The van der Waals surface area contributed by atoms with Crippen molar-refractivity contribution < 1.29 is 9.53 Å². The van der Waals surface area contributed by atoms with Crippen LogP contribution in [0.15, 0.2) is 18.2 Å². The number of unbranched alkanes of at least 4 members (excludes halogenated alkanes) is 1. The van der Waals surface area contributed by atoms with Gasteiger partial charge in [-0.05, 0) is 45.6 Å². The number of nitrogens with zero attached hydrogens (tertiary/aromatic N) is 1. The third kappa shape index (κ3) is 3.39. The molecule has 0 N–H and O–H groups in total. The highest BCUT2D eigenvalue weighted by Crippen LogP contribution is 2.30. The van der Waals surface area contributed by atoms with E-state index in [1.807, 2.05) is 32.0 Å². The lowest BCUT2D eigenvalue weighted by Gasteiger charge is -2.15. The third-order valence-electron chi connectivity index (χ3n) is 3.79. The van der Waals surface area contributed by atoms with Crippen LogP contribution in [0.4, 0.5) is 0 Å². The van der Waals surface area contributed by atoms with Crippen LogP contribution in [0.3, 0.4) is 0 Å². The quantitative estimate of drug-likeness (QED) is 0.737. The van der Waals surface area contributed by atoms with Crippen molar-refractivity contribution in [3.8, 4) is 11.8 Å². The number of hydrogen-bond acceptors (Lipinski definition) is 3. The zero-order valence-corrected chi connectivity index (χ0v) is 12.2. The van der Waals surface area contributed by atoms with Crippen LogP contribution in [-0.2, 0) is 6.42 Å². The number of rotatable bonds is 6. The Balaban J connectivity index is 1.82. The average molecular weight is 271 g/mol. The first-order valence-corrected chi connectivity index (χ1v) is 7.23. The summed E-state index contributed by atoms with van der Waals surface area (Å²) in [6.45, 7) is 4.57. The van der Waals surface area contributed by atoms with Gasteiger partial charge >= 0.3 is 0 Å². The van der Waals surface area contributed by atoms with Gasteiger partial charge in [-0.2, -0.15) is 5.26 Å². The summed E-state index contributed by atoms with van der Waals surface area (Å²) in [7, 11) is 0. The molecule has 0 saturated heterocycles. The zero-order chi connectivity index (χ0) is 14.6. The Morgan fingerprint density at radius 3 is 2.85 bits per heavy atom. The van der Waals surface area contributed by atoms with Gasteiger partial charge in [0.1, 0.15) is 5.75 Å². The minimum Gasteiger partial charge on any atom is -0.493 e. The summed E-state index contributed by atoms with van der Waals surface area (Å²) >= 11 is 0. The van der Waals surface area contributed by atoms with Gasteiger partial charge in [0.2, 0.25) is 0 Å². The first kappa shape index (κ1) is 14.6. The van der Waals surface area contributed by atoms with Crippen LogP contribution in [0.1, 0.15) is 55.5 Å². The first-order valence-electron chi connectivity index (χ1n) is 7.23. The van der Waals surface area contributed by atoms with Gasteiger partial charge in [-0.3, -0.25) is 4.79 Å². The van der Waals surface area contributed by atoms with Gasteiger partial charge in [0.25, 0.3) is 0 Å². The summed E-state index contributed by atoms with van der Waals surface area (Å²) < 4.78 is 5.81. The minimum atomic E-state index is -0.250. The van der Waals surface area contributed by atoms with E-state index in [1.54, 1.807) is 0 Å². The molecule has 0 atom stereocenters. The number of hydrogen-bond donors (Lipinski definition) is 0. The lowest BCUT2D eigenvalue weighted by Crippen LogP contribution is -2.08. The molecule has 0 heterocycles. The van der Waals surface area contributed by atoms with Gasteiger partial charge < -0.3 is 4.74 Å². The highest BCUT2D eigenvalue weighted by Gasteiger charge is 2.22. The largest absolute Gasteiger partial charge is 0.493 e. The third-order valence-corrected chi connectivity index (χ3v) is 3.79. The molecule has 0 spiro atoms. The predicted octanol–water partition coefficient (Wildman–Crippen LogP) is 3.91. The number of Topliss-reactive ketones (excluding diaryl/α,β-unsaturated/α-hetero) is 1. The van der Waals surface area contributed by atoms with Crippen LogP contribution >= 0.6 is 0 Å². The predicted molar refractivity (Wildman–Crippen MR) is 77.8 cm³/mol. The van der Waals surface area contributed by atoms with E-state index in [4.69, 9.17) is 10.00 Å². The number of benzene rings is 1. The average Bonchev–Trinajstić information content (AvgIpc) is 2.81. The normalized spacial score (nSPS) is 13.9. The summed E-state index contributed by atoms with van der Waals surface area (Å²) in [4.78, 5) is 11.7. The highest BCUT2D eigenvalue weighted by molar-refractivity contribution is 6.01. The number of nitriles is 1. The molecular weight excluding hydrogens is 250 g/mol. The number of fused-ring (bicyclic) bond motifs is 1. The van der Waals surface area contributed by atoms with Gasteiger partial charge in [0.15, 0.2) is 5.78 Å². The topological polar surface area (TPSA) is 50.1 Å². The number of carbonyl (C=O) groups excluding carboxylic acids is 1. The number of carbonyl (C=O) groups is 1. The van der Waals surface area contributed by atoms with E-state index in [9.17, 15) is 4.79 Å². The van der Waals surface area contributed by atoms with Gasteiger partial charge in [-0.1, -0.05) is 12.1 Å². The van der Waals surface area contributed by atoms with E-state index in [0.717, 1.165) is 42.6 Å². The summed E-state index contributed by atoms with van der Waals surface area (Å²) in [5.74, 6) is 1.08. The second-order valence-corrected chi connectivity index (χ2v) is 6.01. The van der Waals surface area contributed by atoms with Crippen molar-refractivity contribution in [2.45, 2.75) is 46.0 Å². The Labute approximate surface area is 120 Å². The molecule has 20 heavy (non-hydrogen) atoms. The molecule has 1 aliphatic carbocycles. The molecule has 106 valence electrons. The first-order chi connectivity index (χ1) is 9.53. The Bertz CT molecular complexity index is 540. The van der Waals surface area contributed by atoms with Crippen molar-refractivity contribution in [1.82, 2.24) is 0 Å². The lowest BCUT2D eigenvalue weighted by atomic mass is 9.89. The van der Waals surface area contributed by atoms with E-state index in [1.165, 1.54) is 0 Å². The Hall–Kier alpha value is -1.82. The van der Waals surface area contributed by atoms with E-state index in [2.05, 4.69) is 6.07 Å². The van der Waals surface area contributed by atoms with E-state index >= 15 is 0 Å². The van der Waals surface area contributed by atoms with Gasteiger partial charge in [-0.15, -0.1) is 0 Å². The maximum Gasteiger partial charge on any atom is 0.163 e. The van der Waals surface area contributed by atoms with E-state index in [0.29, 0.717) is 13.0 Å². The fraction of sp³-hybridized carbons (Fsp3) is 0.529. The Kier molecular flexibility index (Phi) is 4.44. The minimum absolute atomic E-state index is 0.223. The van der Waals surface area contributed by atoms with Crippen LogP contribution < -0.4 is 4.74 Å². The summed E-state index contributed by atoms with van der Waals surface area (Å²) in [5.41, 5.74) is 1.64. The van der Waals surface area contributed by atoms with Crippen molar-refractivity contribution in [1.29, 1.82) is 5.26 Å². The molecule has 3 heteroatoms. The monoisotopic (exact) mass is 271 g/mol. The number of ether oxygens (including phenoxy) is 1. The van der Waals surface area contributed by atoms with E-state index < -0.39 is 0 Å². The molecule has 1 aromatic rings. The fourth-order valence-corrected chi connectivity index (χ4v) is 2.50. The summed E-state index contributed by atoms with van der Waals surface area (Å²) in [6.07, 6.45) is 4.20. The lowest BCUT2D eigenvalue weighted by molar-refractivity contribution is 0.0994. The molecule has 3 nitrogen and oxygen atoms in total. The molecule has 2 rings (SSSR count). The molecule has 0 bridgehead atoms. The van der Waals surface area contributed by atoms with Crippen LogP contribution in [0, 0.1) is 16.7 Å². The second-order valence-electron chi connectivity index (χ2n) is 6.01. The summed E-state index contributed by atoms with van der Waals surface area (Å²) in [5, 5.41) is 8.95. The van der Waals surface area contributed by atoms with Crippen molar-refractivity contribution in [2.24, 2.45) is 5.41 Å². The highest BCUT2D eigenvalue weighted by atomic mass is 16.5. The van der Waals surface area contributed by atoms with Gasteiger partial charge in [0, 0.05) is 17.5 Å². The van der Waals surface area contributed by atoms with Crippen molar-refractivity contribution in [3.05, 3.63) is 29.3 Å². The van der Waals surface area contributed by atoms with Gasteiger partial charge in [-0.25, -0.2) is 0 Å². The van der Waals surface area contributed by atoms with Crippen molar-refractivity contribution in [3.63, 3.8) is 0 Å². The number of ketones is 1. The van der Waals surface area contributed by atoms with Crippen molar-refractivity contribution >= 4 is 5.78 Å². The van der Waals surface area contributed by atoms with Crippen LogP contribution in [-0.4, -0.2) is 12.4 Å². The maximum absolute atomic E-state index is 11.7. The molecule has 0 fully saturated rings. The van der Waals surface area contributed by atoms with Gasteiger partial charge in [0.05, 0.1) is 18.1 Å². The summed E-state index contributed by atoms with van der Waals surface area (Å²) in [6, 6.07) is 8.02. The molecule has 0 aliphatic heterocycles. The zero-order valence-electron chi connectivity index (χ0n) is 12.2. The molecule has 1 aliphatic rings. The maximum atomic E-state index is 11.7. The van der Waals surface area contributed by atoms with Crippen LogP contribution in [0.2, 0.25) is 0 Å². The molecule has 1 aromatic carbocycles.